The van der Waals surface area contributed by atoms with Gasteiger partial charge in [-0.2, -0.15) is 0 Å². The van der Waals surface area contributed by atoms with Crippen LogP contribution in [0.4, 0.5) is 9.59 Å². The van der Waals surface area contributed by atoms with Crippen molar-refractivity contribution in [2.75, 3.05) is 0 Å². The maximum atomic E-state index is 11.7. The predicted molar refractivity (Wildman–Crippen MR) is 99.0 cm³/mol. The van der Waals surface area contributed by atoms with E-state index < -0.39 is 29.9 Å². The van der Waals surface area contributed by atoms with Crippen LogP contribution in [0.15, 0.2) is 36.4 Å². The summed E-state index contributed by atoms with van der Waals surface area (Å²) in [5.74, 6) is 0. The van der Waals surface area contributed by atoms with Gasteiger partial charge < -0.3 is 25.6 Å². The van der Waals surface area contributed by atoms with E-state index >= 15 is 0 Å². The molecule has 7 nitrogen and oxygen atoms in total. The third-order valence-corrected chi connectivity index (χ3v) is 3.51. The number of nitrogens with one attached hydrogen (secondary N) is 2. The first-order valence-corrected chi connectivity index (χ1v) is 8.35. The summed E-state index contributed by atoms with van der Waals surface area (Å²) in [5, 5.41) is 24.0. The number of rotatable bonds is 7. The molecule has 144 valence electrons. The molecule has 0 spiro atoms. The number of carbonyl (C=O) groups excluding carboxylic acids is 1. The Bertz CT molecular complexity index is 634. The maximum absolute atomic E-state index is 11.7. The van der Waals surface area contributed by atoms with Crippen LogP contribution in [0.5, 0.6) is 0 Å². The Morgan fingerprint density at radius 1 is 1.19 bits per heavy atom. The first-order valence-electron chi connectivity index (χ1n) is 8.35. The molecule has 0 unspecified atom stereocenters. The number of benzene rings is 1. The molecule has 0 bridgehead atoms. The fraction of sp³-hybridized carbons (Fsp3) is 0.474. The van der Waals surface area contributed by atoms with Crippen LogP contribution < -0.4 is 10.6 Å². The van der Waals surface area contributed by atoms with E-state index in [0.29, 0.717) is 18.5 Å². The number of hydrogen-bond acceptors (Lipinski definition) is 4. The smallest absolute Gasteiger partial charge is 0.407 e. The Hall–Kier alpha value is -2.54. The summed E-state index contributed by atoms with van der Waals surface area (Å²) in [6, 6.07) is 6.63. The molecule has 0 aliphatic heterocycles. The number of alkyl carbamates (subject to hydrolysis) is 1. The van der Waals surface area contributed by atoms with Crippen molar-refractivity contribution in [3.8, 4) is 0 Å². The molecule has 0 fully saturated rings. The van der Waals surface area contributed by atoms with E-state index in [2.05, 4.69) is 17.2 Å². The monoisotopic (exact) mass is 364 g/mol. The van der Waals surface area contributed by atoms with E-state index in [9.17, 15) is 14.7 Å². The van der Waals surface area contributed by atoms with Gasteiger partial charge in [-0.05, 0) is 45.2 Å². The summed E-state index contributed by atoms with van der Waals surface area (Å²) in [4.78, 5) is 22.6. The molecule has 2 atom stereocenters. The van der Waals surface area contributed by atoms with Crippen molar-refractivity contribution in [1.82, 2.24) is 10.6 Å². The fourth-order valence-electron chi connectivity index (χ4n) is 2.28. The van der Waals surface area contributed by atoms with Gasteiger partial charge in [0.1, 0.15) is 5.60 Å². The quantitative estimate of drug-likeness (QED) is 0.557. The van der Waals surface area contributed by atoms with E-state index in [4.69, 9.17) is 9.84 Å². The van der Waals surface area contributed by atoms with Crippen LogP contribution in [-0.4, -0.2) is 40.1 Å². The largest absolute Gasteiger partial charge is 0.465 e. The highest BCUT2D eigenvalue weighted by molar-refractivity contribution is 5.67. The Morgan fingerprint density at radius 3 is 2.19 bits per heavy atom. The molecule has 0 saturated heterocycles. The molecule has 0 aliphatic rings. The number of hydrogen-bond donors (Lipinski definition) is 4. The van der Waals surface area contributed by atoms with Crippen LogP contribution in [0.1, 0.15) is 38.8 Å². The molecule has 1 aromatic carbocycles. The van der Waals surface area contributed by atoms with Gasteiger partial charge in [0.25, 0.3) is 0 Å². The summed E-state index contributed by atoms with van der Waals surface area (Å²) >= 11 is 0. The van der Waals surface area contributed by atoms with Gasteiger partial charge in [-0.25, -0.2) is 9.59 Å². The van der Waals surface area contributed by atoms with Crippen LogP contribution in [0.3, 0.4) is 0 Å². The van der Waals surface area contributed by atoms with Gasteiger partial charge in [-0.1, -0.05) is 36.4 Å². The average Bonchev–Trinajstić information content (AvgIpc) is 2.50. The molecule has 0 radical (unpaired) electrons. The van der Waals surface area contributed by atoms with E-state index in [1.165, 1.54) is 0 Å². The highest BCUT2D eigenvalue weighted by Gasteiger charge is 2.22. The van der Waals surface area contributed by atoms with E-state index in [-0.39, 0.29) is 0 Å². The summed E-state index contributed by atoms with van der Waals surface area (Å²) in [6.07, 6.45) is -2.34. The van der Waals surface area contributed by atoms with Crippen molar-refractivity contribution in [3.63, 3.8) is 0 Å². The molecular weight excluding hydrogens is 336 g/mol. The third-order valence-electron chi connectivity index (χ3n) is 3.51. The zero-order valence-corrected chi connectivity index (χ0v) is 15.7. The topological polar surface area (TPSA) is 108 Å². The summed E-state index contributed by atoms with van der Waals surface area (Å²) in [7, 11) is 0. The minimum atomic E-state index is -1.20. The summed E-state index contributed by atoms with van der Waals surface area (Å²) < 4.78 is 5.17. The van der Waals surface area contributed by atoms with Gasteiger partial charge >= 0.3 is 12.2 Å². The molecule has 0 heterocycles. The minimum absolute atomic E-state index is 0.320. The molecule has 0 aromatic heterocycles. The lowest BCUT2D eigenvalue weighted by Crippen LogP contribution is -2.44. The van der Waals surface area contributed by atoms with Gasteiger partial charge in [0.2, 0.25) is 0 Å². The molecule has 1 rings (SSSR count). The number of amides is 2. The molecule has 0 saturated carbocycles. The zero-order chi connectivity index (χ0) is 19.9. The molecule has 26 heavy (non-hydrogen) atoms. The minimum Gasteiger partial charge on any atom is -0.465 e. The lowest BCUT2D eigenvalue weighted by molar-refractivity contribution is 0.0523. The lowest BCUT2D eigenvalue weighted by atomic mass is 9.97. The first-order chi connectivity index (χ1) is 12.0. The van der Waals surface area contributed by atoms with Crippen LogP contribution in [0, 0.1) is 0 Å². The van der Waals surface area contributed by atoms with Crippen LogP contribution in [0.25, 0.3) is 0 Å². The first kappa shape index (κ1) is 21.5. The molecular formula is C19H28N2O5. The Balaban J connectivity index is 2.66. The summed E-state index contributed by atoms with van der Waals surface area (Å²) in [5.41, 5.74) is 1.67. The van der Waals surface area contributed by atoms with Crippen molar-refractivity contribution >= 4 is 12.2 Å². The normalized spacial score (nSPS) is 13.4. The zero-order valence-electron chi connectivity index (χ0n) is 15.7. The Labute approximate surface area is 154 Å². The highest BCUT2D eigenvalue weighted by Crippen LogP contribution is 2.13. The number of aliphatic hydroxyl groups excluding tert-OH is 1. The SMILES string of the molecule is C=C(C)[C@H](O)[C@H](Cc1ccc(CNC(=O)OC(C)(C)C)cc1)NC(=O)O. The average molecular weight is 364 g/mol. The summed E-state index contributed by atoms with van der Waals surface area (Å²) in [6.45, 7) is 11.0. The van der Waals surface area contributed by atoms with E-state index in [1.54, 1.807) is 27.7 Å². The standard InChI is InChI=1S/C19H28N2O5/c1-12(2)16(22)15(21-17(23)24)10-13-6-8-14(9-7-13)11-20-18(25)26-19(3,4)5/h6-9,15-16,21-22H,1,10-11H2,2-5H3,(H,20,25)(H,23,24)/t15-,16-/m0/s1. The molecule has 0 aliphatic carbocycles. The molecule has 7 heteroatoms. The second-order valence-corrected chi connectivity index (χ2v) is 7.22. The second-order valence-electron chi connectivity index (χ2n) is 7.22. The highest BCUT2D eigenvalue weighted by atomic mass is 16.6. The van der Waals surface area contributed by atoms with Crippen LogP contribution in [-0.2, 0) is 17.7 Å². The van der Waals surface area contributed by atoms with Crippen molar-refractivity contribution < 1.29 is 24.5 Å². The van der Waals surface area contributed by atoms with Crippen molar-refractivity contribution in [1.29, 1.82) is 0 Å². The Morgan fingerprint density at radius 2 is 1.73 bits per heavy atom. The van der Waals surface area contributed by atoms with E-state index in [1.807, 2.05) is 24.3 Å². The fourth-order valence-corrected chi connectivity index (χ4v) is 2.28. The Kier molecular flexibility index (Phi) is 7.64. The van der Waals surface area contributed by atoms with Crippen molar-refractivity contribution in [2.24, 2.45) is 0 Å². The van der Waals surface area contributed by atoms with Crippen LogP contribution >= 0.6 is 0 Å². The van der Waals surface area contributed by atoms with Gasteiger partial charge in [-0.15, -0.1) is 0 Å². The number of aliphatic hydroxyl groups is 1. The third kappa shape index (κ3) is 8.02. The number of carboxylic acid groups (broad SMARTS) is 1. The van der Waals surface area contributed by atoms with Crippen LogP contribution in [0.2, 0.25) is 0 Å². The van der Waals surface area contributed by atoms with Gasteiger partial charge in [0.05, 0.1) is 12.1 Å². The number of ether oxygens (including phenoxy) is 1. The molecule has 2 amide bonds. The predicted octanol–water partition coefficient (Wildman–Crippen LogP) is 2.83. The van der Waals surface area contributed by atoms with Crippen molar-refractivity contribution in [3.05, 3.63) is 47.5 Å². The van der Waals surface area contributed by atoms with Gasteiger partial charge in [0.15, 0.2) is 0 Å². The van der Waals surface area contributed by atoms with E-state index in [0.717, 1.165) is 11.1 Å². The molecule has 1 aromatic rings. The van der Waals surface area contributed by atoms with Gasteiger partial charge in [0, 0.05) is 6.54 Å². The second kappa shape index (κ2) is 9.24. The van der Waals surface area contributed by atoms with Crippen molar-refractivity contribution in [2.45, 2.75) is 58.4 Å². The number of carbonyl (C=O) groups is 2. The molecule has 4 N–H and O–H groups in total. The maximum Gasteiger partial charge on any atom is 0.407 e. The van der Waals surface area contributed by atoms with Gasteiger partial charge in [-0.3, -0.25) is 0 Å². The lowest BCUT2D eigenvalue weighted by Gasteiger charge is -2.23.